The molecule has 5 heteroatoms. The van der Waals surface area contributed by atoms with Gasteiger partial charge in [-0.25, -0.2) is 8.78 Å². The molecule has 0 heterocycles. The average molecular weight is 288 g/mol. The van der Waals surface area contributed by atoms with Gasteiger partial charge in [0.2, 0.25) is 0 Å². The van der Waals surface area contributed by atoms with E-state index in [0.29, 0.717) is 0 Å². The number of hydrogen-bond donors (Lipinski definition) is 0. The molecular weight excluding hydrogens is 274 g/mol. The summed E-state index contributed by atoms with van der Waals surface area (Å²) in [5.41, 5.74) is 2.32. The molecule has 21 heavy (non-hydrogen) atoms. The summed E-state index contributed by atoms with van der Waals surface area (Å²) in [6, 6.07) is 9.99. The molecular formula is C16H14F2N2O. The number of ether oxygens (including phenoxy) is 1. The molecule has 0 aliphatic heterocycles. The van der Waals surface area contributed by atoms with E-state index in [1.165, 1.54) is 13.3 Å². The fourth-order valence-electron chi connectivity index (χ4n) is 1.70. The van der Waals surface area contributed by atoms with E-state index >= 15 is 0 Å². The average Bonchev–Trinajstić information content (AvgIpc) is 2.45. The van der Waals surface area contributed by atoms with Gasteiger partial charge in [-0.15, -0.1) is 0 Å². The summed E-state index contributed by atoms with van der Waals surface area (Å²) in [7, 11) is 1.21. The summed E-state index contributed by atoms with van der Waals surface area (Å²) < 4.78 is 31.5. The molecule has 0 amide bonds. The van der Waals surface area contributed by atoms with Crippen molar-refractivity contribution in [2.24, 2.45) is 10.2 Å². The first-order valence-electron chi connectivity index (χ1n) is 6.26. The van der Waals surface area contributed by atoms with Crippen LogP contribution in [0.1, 0.15) is 16.7 Å². The summed E-state index contributed by atoms with van der Waals surface area (Å²) >= 11 is 0. The van der Waals surface area contributed by atoms with Crippen LogP contribution in [0.5, 0.6) is 5.75 Å². The Morgan fingerprint density at radius 3 is 1.95 bits per heavy atom. The van der Waals surface area contributed by atoms with Crippen LogP contribution in [0.4, 0.5) is 8.78 Å². The van der Waals surface area contributed by atoms with E-state index in [1.54, 1.807) is 6.21 Å². The Labute approximate surface area is 121 Å². The predicted octanol–water partition coefficient (Wildman–Crippen LogP) is 3.73. The highest BCUT2D eigenvalue weighted by atomic mass is 19.1. The molecule has 108 valence electrons. The smallest absolute Gasteiger partial charge is 0.190 e. The fraction of sp³-hybridized carbons (Fsp3) is 0.125. The van der Waals surface area contributed by atoms with Gasteiger partial charge in [0.25, 0.3) is 0 Å². The Morgan fingerprint density at radius 1 is 0.905 bits per heavy atom. The third kappa shape index (κ3) is 3.95. The van der Waals surface area contributed by atoms with Gasteiger partial charge >= 0.3 is 0 Å². The Balaban J connectivity index is 2.09. The van der Waals surface area contributed by atoms with Crippen molar-refractivity contribution >= 4 is 12.4 Å². The van der Waals surface area contributed by atoms with Crippen molar-refractivity contribution in [1.82, 2.24) is 0 Å². The maximum atomic E-state index is 13.5. The van der Waals surface area contributed by atoms with Crippen molar-refractivity contribution in [3.63, 3.8) is 0 Å². The number of nitrogens with zero attached hydrogens (tertiary/aromatic N) is 2. The number of methoxy groups -OCH3 is 1. The molecule has 0 aliphatic carbocycles. The highest BCUT2D eigenvalue weighted by Crippen LogP contribution is 2.21. The number of halogens is 2. The van der Waals surface area contributed by atoms with Gasteiger partial charge in [-0.05, 0) is 24.6 Å². The van der Waals surface area contributed by atoms with Crippen LogP contribution in [0.15, 0.2) is 46.6 Å². The van der Waals surface area contributed by atoms with Crippen molar-refractivity contribution in [2.45, 2.75) is 6.92 Å². The summed E-state index contributed by atoms with van der Waals surface area (Å²) in [5, 5.41) is 7.60. The second-order valence-electron chi connectivity index (χ2n) is 4.42. The third-order valence-electron chi connectivity index (χ3n) is 2.78. The van der Waals surface area contributed by atoms with Crippen LogP contribution in [0.2, 0.25) is 0 Å². The van der Waals surface area contributed by atoms with E-state index in [-0.39, 0.29) is 5.56 Å². The highest BCUT2D eigenvalue weighted by Gasteiger charge is 2.10. The number of rotatable bonds is 4. The lowest BCUT2D eigenvalue weighted by Crippen LogP contribution is -1.95. The van der Waals surface area contributed by atoms with E-state index < -0.39 is 17.4 Å². The van der Waals surface area contributed by atoms with Gasteiger partial charge in [0.05, 0.1) is 19.5 Å². The largest absolute Gasteiger partial charge is 0.491 e. The SMILES string of the molecule is COc1c(F)cc(/C=N/N=C/c2ccc(C)cc2)cc1F. The van der Waals surface area contributed by atoms with E-state index in [2.05, 4.69) is 14.9 Å². The predicted molar refractivity (Wildman–Crippen MR) is 79.3 cm³/mol. The molecule has 0 spiro atoms. The minimum Gasteiger partial charge on any atom is -0.491 e. The molecule has 0 aromatic heterocycles. The molecule has 0 bridgehead atoms. The quantitative estimate of drug-likeness (QED) is 0.623. The van der Waals surface area contributed by atoms with Crippen molar-refractivity contribution in [3.8, 4) is 5.75 Å². The minimum absolute atomic E-state index is 0.270. The van der Waals surface area contributed by atoms with Crippen molar-refractivity contribution in [1.29, 1.82) is 0 Å². The van der Waals surface area contributed by atoms with E-state index in [1.807, 2.05) is 31.2 Å². The zero-order valence-corrected chi connectivity index (χ0v) is 11.7. The second-order valence-corrected chi connectivity index (χ2v) is 4.42. The van der Waals surface area contributed by atoms with Gasteiger partial charge in [-0.2, -0.15) is 10.2 Å². The Hall–Kier alpha value is -2.56. The molecule has 0 saturated heterocycles. The topological polar surface area (TPSA) is 34.0 Å². The first-order chi connectivity index (χ1) is 10.1. The Bertz CT molecular complexity index is 656. The van der Waals surface area contributed by atoms with Crippen LogP contribution in [-0.4, -0.2) is 19.5 Å². The molecule has 0 saturated carbocycles. The van der Waals surface area contributed by atoms with Crippen molar-refractivity contribution in [3.05, 3.63) is 64.7 Å². The molecule has 2 rings (SSSR count). The maximum Gasteiger partial charge on any atom is 0.190 e. The van der Waals surface area contributed by atoms with Gasteiger partial charge in [-0.3, -0.25) is 0 Å². The van der Waals surface area contributed by atoms with Crippen LogP contribution in [0, 0.1) is 18.6 Å². The van der Waals surface area contributed by atoms with Gasteiger partial charge < -0.3 is 4.74 Å². The molecule has 3 nitrogen and oxygen atoms in total. The second kappa shape index (κ2) is 6.74. The third-order valence-corrected chi connectivity index (χ3v) is 2.78. The molecule has 0 N–H and O–H groups in total. The molecule has 2 aromatic carbocycles. The highest BCUT2D eigenvalue weighted by molar-refractivity contribution is 5.82. The summed E-state index contributed by atoms with van der Waals surface area (Å²) in [6.07, 6.45) is 2.84. The molecule has 0 atom stereocenters. The Kier molecular flexibility index (Phi) is 4.77. The van der Waals surface area contributed by atoms with Gasteiger partial charge in [0, 0.05) is 5.56 Å². The normalized spacial score (nSPS) is 11.4. The zero-order valence-electron chi connectivity index (χ0n) is 11.7. The summed E-state index contributed by atoms with van der Waals surface area (Å²) in [5.74, 6) is -1.96. The minimum atomic E-state index is -0.776. The van der Waals surface area contributed by atoms with Crippen molar-refractivity contribution in [2.75, 3.05) is 7.11 Å². The lowest BCUT2D eigenvalue weighted by Gasteiger charge is -2.03. The standard InChI is InChI=1S/C16H14F2N2O/c1-11-3-5-12(6-4-11)9-19-20-10-13-7-14(17)16(21-2)15(18)8-13/h3-10H,1-2H3/b19-9+,20-10+. The monoisotopic (exact) mass is 288 g/mol. The van der Waals surface area contributed by atoms with Crippen molar-refractivity contribution < 1.29 is 13.5 Å². The summed E-state index contributed by atoms with van der Waals surface area (Å²) in [6.45, 7) is 1.99. The van der Waals surface area contributed by atoms with Gasteiger partial charge in [0.1, 0.15) is 0 Å². The van der Waals surface area contributed by atoms with E-state index in [9.17, 15) is 8.78 Å². The number of benzene rings is 2. The fourth-order valence-corrected chi connectivity index (χ4v) is 1.70. The molecule has 0 fully saturated rings. The number of hydrogen-bond acceptors (Lipinski definition) is 3. The molecule has 2 aromatic rings. The van der Waals surface area contributed by atoms with Gasteiger partial charge in [0.15, 0.2) is 17.4 Å². The first-order valence-corrected chi connectivity index (χ1v) is 6.26. The number of aryl methyl sites for hydroxylation is 1. The molecule has 0 unspecified atom stereocenters. The van der Waals surface area contributed by atoms with Crippen LogP contribution in [0.25, 0.3) is 0 Å². The van der Waals surface area contributed by atoms with Crippen LogP contribution in [0.3, 0.4) is 0 Å². The van der Waals surface area contributed by atoms with E-state index in [4.69, 9.17) is 0 Å². The van der Waals surface area contributed by atoms with Crippen LogP contribution >= 0.6 is 0 Å². The van der Waals surface area contributed by atoms with Crippen LogP contribution in [-0.2, 0) is 0 Å². The molecule has 0 aliphatic rings. The summed E-state index contributed by atoms with van der Waals surface area (Å²) in [4.78, 5) is 0. The maximum absolute atomic E-state index is 13.5. The van der Waals surface area contributed by atoms with Crippen LogP contribution < -0.4 is 4.74 Å². The lowest BCUT2D eigenvalue weighted by atomic mass is 10.2. The zero-order chi connectivity index (χ0) is 15.2. The Morgan fingerprint density at radius 2 is 1.43 bits per heavy atom. The van der Waals surface area contributed by atoms with Gasteiger partial charge in [-0.1, -0.05) is 29.8 Å². The first kappa shape index (κ1) is 14.8. The van der Waals surface area contributed by atoms with E-state index in [0.717, 1.165) is 23.3 Å². The lowest BCUT2D eigenvalue weighted by molar-refractivity contribution is 0.360. The molecule has 0 radical (unpaired) electrons.